The van der Waals surface area contributed by atoms with Crippen molar-refractivity contribution in [1.82, 2.24) is 0 Å². The summed E-state index contributed by atoms with van der Waals surface area (Å²) in [6, 6.07) is 4.00. The Balaban J connectivity index is 2.40. The molecule has 0 aliphatic heterocycles. The Morgan fingerprint density at radius 3 is 2.44 bits per heavy atom. The summed E-state index contributed by atoms with van der Waals surface area (Å²) in [6.45, 7) is 0. The number of benzene rings is 1. The molecule has 0 radical (unpaired) electrons. The maximum atomic E-state index is 12.5. The number of aliphatic hydroxyl groups is 2. The van der Waals surface area contributed by atoms with Gasteiger partial charge in [0.15, 0.2) is 5.78 Å². The average Bonchev–Trinajstić information content (AvgIpc) is 2.54. The largest absolute Gasteiger partial charge is 0.443 e. The molecule has 0 heterocycles. The van der Waals surface area contributed by atoms with E-state index in [0.29, 0.717) is 0 Å². The molecule has 1 aliphatic rings. The smallest absolute Gasteiger partial charge is 0.358 e. The molecule has 2 N–H and O–H groups in total. The van der Waals surface area contributed by atoms with Crippen LogP contribution in [0.25, 0.3) is 0 Å². The lowest BCUT2D eigenvalue weighted by atomic mass is 9.94. The van der Waals surface area contributed by atoms with Gasteiger partial charge in [-0.25, -0.2) is 0 Å². The van der Waals surface area contributed by atoms with Gasteiger partial charge in [0.25, 0.3) is 5.79 Å². The van der Waals surface area contributed by atoms with E-state index in [9.17, 15) is 18.0 Å². The summed E-state index contributed by atoms with van der Waals surface area (Å²) in [5.41, 5.74) is 0.329. The molecule has 1 aliphatic carbocycles. The first-order valence-electron chi connectivity index (χ1n) is 4.98. The SMILES string of the molecule is O=C1c2ccc(Cl)cc2CC1C(O)(O)C(F)(F)F. The monoisotopic (exact) mass is 280 g/mol. The normalized spacial score (nSPS) is 20.1. The minimum Gasteiger partial charge on any atom is -0.358 e. The van der Waals surface area contributed by atoms with E-state index in [1.807, 2.05) is 0 Å². The highest BCUT2D eigenvalue weighted by Gasteiger charge is 2.61. The van der Waals surface area contributed by atoms with Gasteiger partial charge in [-0.15, -0.1) is 0 Å². The molecule has 0 aromatic heterocycles. The van der Waals surface area contributed by atoms with E-state index >= 15 is 0 Å². The van der Waals surface area contributed by atoms with Crippen LogP contribution in [-0.2, 0) is 6.42 Å². The molecule has 0 fully saturated rings. The number of carbonyl (C=O) groups is 1. The predicted octanol–water partition coefficient (Wildman–Crippen LogP) is 1.94. The van der Waals surface area contributed by atoms with Crippen molar-refractivity contribution in [2.24, 2.45) is 5.92 Å². The molecule has 1 aromatic rings. The number of halogens is 4. The molecule has 0 saturated heterocycles. The van der Waals surface area contributed by atoms with Gasteiger partial charge in [-0.3, -0.25) is 4.79 Å². The van der Waals surface area contributed by atoms with Crippen LogP contribution in [0.15, 0.2) is 18.2 Å². The third-order valence-corrected chi connectivity index (χ3v) is 3.21. The molecule has 0 amide bonds. The zero-order valence-electron chi connectivity index (χ0n) is 8.83. The van der Waals surface area contributed by atoms with E-state index in [2.05, 4.69) is 0 Å². The van der Waals surface area contributed by atoms with Crippen LogP contribution in [0, 0.1) is 5.92 Å². The average molecular weight is 281 g/mol. The summed E-state index contributed by atoms with van der Waals surface area (Å²) in [7, 11) is 0. The number of hydrogen-bond donors (Lipinski definition) is 2. The van der Waals surface area contributed by atoms with Crippen LogP contribution < -0.4 is 0 Å². The summed E-state index contributed by atoms with van der Waals surface area (Å²) in [4.78, 5) is 11.7. The number of hydrogen-bond acceptors (Lipinski definition) is 3. The van der Waals surface area contributed by atoms with Crippen LogP contribution in [0.5, 0.6) is 0 Å². The van der Waals surface area contributed by atoms with E-state index in [-0.39, 0.29) is 16.1 Å². The second kappa shape index (κ2) is 3.94. The number of Topliss-reactive ketones (excluding diaryl/α,β-unsaturated/α-hetero) is 1. The molecule has 18 heavy (non-hydrogen) atoms. The van der Waals surface area contributed by atoms with Crippen molar-refractivity contribution in [3.05, 3.63) is 34.3 Å². The topological polar surface area (TPSA) is 57.5 Å². The van der Waals surface area contributed by atoms with Gasteiger partial charge < -0.3 is 10.2 Å². The van der Waals surface area contributed by atoms with Gasteiger partial charge in [0.05, 0.1) is 5.92 Å². The third-order valence-electron chi connectivity index (χ3n) is 2.98. The Bertz CT molecular complexity index is 511. The third kappa shape index (κ3) is 1.90. The molecule has 7 heteroatoms. The Kier molecular flexibility index (Phi) is 2.92. The molecular formula is C11H8ClF3O3. The molecule has 0 spiro atoms. The van der Waals surface area contributed by atoms with Gasteiger partial charge in [0, 0.05) is 10.6 Å². The standard InChI is InChI=1S/C11H8ClF3O3/c12-6-1-2-7-5(3-6)4-8(9(7)16)10(17,18)11(13,14)15/h1-3,8,17-18H,4H2. The fraction of sp³-hybridized carbons (Fsp3) is 0.364. The van der Waals surface area contributed by atoms with Crippen molar-refractivity contribution in [3.8, 4) is 0 Å². The molecule has 0 bridgehead atoms. The fourth-order valence-electron chi connectivity index (χ4n) is 1.99. The number of ketones is 1. The van der Waals surface area contributed by atoms with Gasteiger partial charge in [0.2, 0.25) is 0 Å². The summed E-state index contributed by atoms with van der Waals surface area (Å²) >= 11 is 5.66. The van der Waals surface area contributed by atoms with Crippen LogP contribution in [0.4, 0.5) is 13.2 Å². The second-order valence-electron chi connectivity index (χ2n) is 4.15. The number of rotatable bonds is 1. The minimum absolute atomic E-state index is 0.0427. The quantitative estimate of drug-likeness (QED) is 0.773. The second-order valence-corrected chi connectivity index (χ2v) is 4.58. The van der Waals surface area contributed by atoms with E-state index in [1.165, 1.54) is 18.2 Å². The van der Waals surface area contributed by atoms with Crippen molar-refractivity contribution in [1.29, 1.82) is 0 Å². The van der Waals surface area contributed by atoms with Crippen molar-refractivity contribution >= 4 is 17.4 Å². The summed E-state index contributed by atoms with van der Waals surface area (Å²) in [5.74, 6) is -6.93. The lowest BCUT2D eigenvalue weighted by Gasteiger charge is -2.29. The number of alkyl halides is 3. The maximum absolute atomic E-state index is 12.5. The lowest BCUT2D eigenvalue weighted by molar-refractivity contribution is -0.361. The van der Waals surface area contributed by atoms with E-state index in [1.54, 1.807) is 0 Å². The summed E-state index contributed by atoms with van der Waals surface area (Å²) in [6.07, 6.45) is -5.69. The highest BCUT2D eigenvalue weighted by Crippen LogP contribution is 2.41. The van der Waals surface area contributed by atoms with Crippen LogP contribution in [0.1, 0.15) is 15.9 Å². The number of carbonyl (C=O) groups excluding carboxylic acids is 1. The van der Waals surface area contributed by atoms with Crippen molar-refractivity contribution in [3.63, 3.8) is 0 Å². The van der Waals surface area contributed by atoms with Gasteiger partial charge in [-0.05, 0) is 30.2 Å². The van der Waals surface area contributed by atoms with Gasteiger partial charge in [-0.2, -0.15) is 13.2 Å². The molecule has 2 rings (SSSR count). The van der Waals surface area contributed by atoms with E-state index in [0.717, 1.165) is 0 Å². The molecule has 1 atom stereocenters. The number of fused-ring (bicyclic) bond motifs is 1. The Hall–Kier alpha value is -1.11. The summed E-state index contributed by atoms with van der Waals surface area (Å²) < 4.78 is 37.4. The molecule has 0 saturated carbocycles. The van der Waals surface area contributed by atoms with E-state index < -0.39 is 30.1 Å². The summed E-state index contributed by atoms with van der Waals surface area (Å²) in [5, 5.41) is 18.6. The van der Waals surface area contributed by atoms with Crippen molar-refractivity contribution in [2.45, 2.75) is 18.4 Å². The highest BCUT2D eigenvalue weighted by molar-refractivity contribution is 6.30. The first-order chi connectivity index (χ1) is 8.14. The van der Waals surface area contributed by atoms with Crippen molar-refractivity contribution < 1.29 is 28.2 Å². The Morgan fingerprint density at radius 2 is 1.89 bits per heavy atom. The van der Waals surface area contributed by atoms with Crippen LogP contribution in [-0.4, -0.2) is 28.0 Å². The van der Waals surface area contributed by atoms with Crippen LogP contribution in [0.3, 0.4) is 0 Å². The van der Waals surface area contributed by atoms with E-state index in [4.69, 9.17) is 21.8 Å². The Labute approximate surface area is 105 Å². The maximum Gasteiger partial charge on any atom is 0.443 e. The zero-order chi connectivity index (χ0) is 13.7. The highest BCUT2D eigenvalue weighted by atomic mass is 35.5. The fourth-order valence-corrected chi connectivity index (χ4v) is 2.19. The molecular weight excluding hydrogens is 273 g/mol. The first kappa shape index (κ1) is 13.3. The van der Waals surface area contributed by atoms with Gasteiger partial charge in [0.1, 0.15) is 0 Å². The molecule has 1 unspecified atom stereocenters. The molecule has 98 valence electrons. The minimum atomic E-state index is -5.29. The lowest BCUT2D eigenvalue weighted by Crippen LogP contribution is -2.53. The first-order valence-corrected chi connectivity index (χ1v) is 5.36. The van der Waals surface area contributed by atoms with Gasteiger partial charge in [-0.1, -0.05) is 11.6 Å². The predicted molar refractivity (Wildman–Crippen MR) is 56.2 cm³/mol. The molecule has 1 aromatic carbocycles. The van der Waals surface area contributed by atoms with Crippen LogP contribution in [0.2, 0.25) is 5.02 Å². The Morgan fingerprint density at radius 1 is 1.28 bits per heavy atom. The zero-order valence-corrected chi connectivity index (χ0v) is 9.59. The molecule has 3 nitrogen and oxygen atoms in total. The van der Waals surface area contributed by atoms with Crippen molar-refractivity contribution in [2.75, 3.05) is 0 Å². The van der Waals surface area contributed by atoms with Crippen LogP contribution >= 0.6 is 11.6 Å². The van der Waals surface area contributed by atoms with Gasteiger partial charge >= 0.3 is 6.18 Å².